The molecule has 0 radical (unpaired) electrons. The summed E-state index contributed by atoms with van der Waals surface area (Å²) in [6.45, 7) is 2.48. The molecule has 1 aliphatic heterocycles. The van der Waals surface area contributed by atoms with Crippen molar-refractivity contribution in [2.45, 2.75) is 6.42 Å². The van der Waals surface area contributed by atoms with Gasteiger partial charge in [-0.25, -0.2) is 0 Å². The van der Waals surface area contributed by atoms with Gasteiger partial charge < -0.3 is 14.5 Å². The molecule has 1 aromatic heterocycles. The number of ether oxygens (including phenoxy) is 1. The third-order valence-electron chi connectivity index (χ3n) is 4.14. The van der Waals surface area contributed by atoms with Gasteiger partial charge in [-0.2, -0.15) is 0 Å². The summed E-state index contributed by atoms with van der Waals surface area (Å²) in [4.78, 5) is 29.5. The highest BCUT2D eigenvalue weighted by Gasteiger charge is 2.23. The van der Waals surface area contributed by atoms with Crippen LogP contribution in [0.5, 0.6) is 5.75 Å². The molecule has 3 rings (SSSR count). The van der Waals surface area contributed by atoms with Crippen molar-refractivity contribution in [2.75, 3.05) is 33.3 Å². The molecule has 0 unspecified atom stereocenters. The van der Waals surface area contributed by atoms with Gasteiger partial charge in [0.2, 0.25) is 0 Å². The van der Waals surface area contributed by atoms with E-state index in [1.54, 1.807) is 31.4 Å². The highest BCUT2D eigenvalue weighted by atomic mass is 32.1. The number of hydrogen-bond acceptors (Lipinski definition) is 4. The van der Waals surface area contributed by atoms with E-state index in [1.165, 1.54) is 11.3 Å². The zero-order chi connectivity index (χ0) is 16.9. The number of thiophene rings is 1. The molecule has 126 valence electrons. The van der Waals surface area contributed by atoms with Crippen LogP contribution in [0.3, 0.4) is 0 Å². The molecule has 0 spiro atoms. The Bertz CT molecular complexity index is 698. The van der Waals surface area contributed by atoms with Gasteiger partial charge in [0.05, 0.1) is 12.0 Å². The summed E-state index contributed by atoms with van der Waals surface area (Å²) in [5.74, 6) is 0.793. The first-order valence-corrected chi connectivity index (χ1v) is 8.83. The first kappa shape index (κ1) is 16.5. The maximum absolute atomic E-state index is 12.6. The van der Waals surface area contributed by atoms with E-state index in [9.17, 15) is 9.59 Å². The van der Waals surface area contributed by atoms with Crippen molar-refractivity contribution in [2.24, 2.45) is 0 Å². The fourth-order valence-electron chi connectivity index (χ4n) is 2.80. The molecule has 0 aliphatic carbocycles. The lowest BCUT2D eigenvalue weighted by Crippen LogP contribution is -2.37. The van der Waals surface area contributed by atoms with Crippen molar-refractivity contribution in [1.82, 2.24) is 9.80 Å². The number of benzene rings is 1. The van der Waals surface area contributed by atoms with E-state index in [2.05, 4.69) is 0 Å². The zero-order valence-electron chi connectivity index (χ0n) is 13.6. The number of carbonyl (C=O) groups is 2. The number of amides is 2. The second-order valence-corrected chi connectivity index (χ2v) is 6.59. The Hall–Kier alpha value is -2.34. The van der Waals surface area contributed by atoms with Crippen LogP contribution >= 0.6 is 11.3 Å². The van der Waals surface area contributed by atoms with Crippen LogP contribution in [0.25, 0.3) is 0 Å². The number of nitrogens with zero attached hydrogens (tertiary/aromatic N) is 2. The summed E-state index contributed by atoms with van der Waals surface area (Å²) in [7, 11) is 1.60. The molecule has 2 heterocycles. The van der Waals surface area contributed by atoms with E-state index >= 15 is 0 Å². The number of rotatable bonds is 3. The van der Waals surface area contributed by atoms with Crippen LogP contribution in [0.15, 0.2) is 41.8 Å². The Morgan fingerprint density at radius 1 is 0.958 bits per heavy atom. The van der Waals surface area contributed by atoms with Gasteiger partial charge in [0.25, 0.3) is 11.8 Å². The predicted octanol–water partition coefficient (Wildman–Crippen LogP) is 2.75. The van der Waals surface area contributed by atoms with Crippen molar-refractivity contribution in [3.63, 3.8) is 0 Å². The Kier molecular flexibility index (Phi) is 5.15. The van der Waals surface area contributed by atoms with E-state index in [1.807, 2.05) is 27.3 Å². The standard InChI is InChI=1S/C18H20N2O3S/c1-23-15-7-5-14(6-8-15)17(21)19-9-3-10-20(12-11-19)18(22)16-4-2-13-24-16/h2,4-8,13H,3,9-12H2,1H3. The molecule has 0 bridgehead atoms. The summed E-state index contributed by atoms with van der Waals surface area (Å²) in [6.07, 6.45) is 0.791. The fourth-order valence-corrected chi connectivity index (χ4v) is 3.49. The molecule has 24 heavy (non-hydrogen) atoms. The number of carbonyl (C=O) groups excluding carboxylic acids is 2. The second-order valence-electron chi connectivity index (χ2n) is 5.64. The molecule has 1 aromatic carbocycles. The van der Waals surface area contributed by atoms with Gasteiger partial charge in [0, 0.05) is 31.7 Å². The summed E-state index contributed by atoms with van der Waals surface area (Å²) in [6, 6.07) is 10.9. The van der Waals surface area contributed by atoms with Crippen LogP contribution < -0.4 is 4.74 Å². The average Bonchev–Trinajstić information content (AvgIpc) is 3.05. The van der Waals surface area contributed by atoms with Crippen molar-refractivity contribution in [3.8, 4) is 5.75 Å². The van der Waals surface area contributed by atoms with E-state index in [4.69, 9.17) is 4.74 Å². The smallest absolute Gasteiger partial charge is 0.263 e. The molecule has 6 heteroatoms. The minimum Gasteiger partial charge on any atom is -0.497 e. The summed E-state index contributed by atoms with van der Waals surface area (Å²) < 4.78 is 5.12. The highest BCUT2D eigenvalue weighted by molar-refractivity contribution is 7.12. The van der Waals surface area contributed by atoms with Gasteiger partial charge >= 0.3 is 0 Å². The van der Waals surface area contributed by atoms with Crippen molar-refractivity contribution < 1.29 is 14.3 Å². The molecule has 0 N–H and O–H groups in total. The molecule has 1 aliphatic rings. The van der Waals surface area contributed by atoms with Gasteiger partial charge in [-0.05, 0) is 42.1 Å². The minimum absolute atomic E-state index is 0.00285. The van der Waals surface area contributed by atoms with E-state index in [0.29, 0.717) is 31.7 Å². The lowest BCUT2D eigenvalue weighted by atomic mass is 10.2. The van der Waals surface area contributed by atoms with Crippen LogP contribution in [-0.4, -0.2) is 54.9 Å². The topological polar surface area (TPSA) is 49.9 Å². The SMILES string of the molecule is COc1ccc(C(=O)N2CCCN(C(=O)c3cccs3)CC2)cc1. The first-order valence-electron chi connectivity index (χ1n) is 7.95. The Labute approximate surface area is 145 Å². The molecule has 0 atom stereocenters. The van der Waals surface area contributed by atoms with Gasteiger partial charge in [0.1, 0.15) is 5.75 Å². The van der Waals surface area contributed by atoms with Crippen LogP contribution in [-0.2, 0) is 0 Å². The largest absolute Gasteiger partial charge is 0.497 e. The Morgan fingerprint density at radius 3 is 2.21 bits per heavy atom. The first-order chi connectivity index (χ1) is 11.7. The van der Waals surface area contributed by atoms with Gasteiger partial charge in [-0.1, -0.05) is 6.07 Å². The summed E-state index contributed by atoms with van der Waals surface area (Å²) >= 11 is 1.46. The maximum Gasteiger partial charge on any atom is 0.263 e. The van der Waals surface area contributed by atoms with Crippen molar-refractivity contribution in [3.05, 3.63) is 52.2 Å². The third kappa shape index (κ3) is 3.59. The predicted molar refractivity (Wildman–Crippen MR) is 93.7 cm³/mol. The average molecular weight is 344 g/mol. The molecule has 1 saturated heterocycles. The van der Waals surface area contributed by atoms with Crippen molar-refractivity contribution in [1.29, 1.82) is 0 Å². The quantitative estimate of drug-likeness (QED) is 0.860. The van der Waals surface area contributed by atoms with Gasteiger partial charge in [-0.3, -0.25) is 9.59 Å². The number of hydrogen-bond donors (Lipinski definition) is 0. The second kappa shape index (κ2) is 7.49. The van der Waals surface area contributed by atoms with Gasteiger partial charge in [-0.15, -0.1) is 11.3 Å². The minimum atomic E-state index is 0.00285. The van der Waals surface area contributed by atoms with Crippen LogP contribution in [0.4, 0.5) is 0 Å². The lowest BCUT2D eigenvalue weighted by molar-refractivity contribution is 0.0721. The molecule has 2 aromatic rings. The molecule has 5 nitrogen and oxygen atoms in total. The third-order valence-corrected chi connectivity index (χ3v) is 5.00. The zero-order valence-corrected chi connectivity index (χ0v) is 14.4. The fraction of sp³-hybridized carbons (Fsp3) is 0.333. The summed E-state index contributed by atoms with van der Waals surface area (Å²) in [5, 5.41) is 1.91. The van der Waals surface area contributed by atoms with Crippen LogP contribution in [0.2, 0.25) is 0 Å². The molecular weight excluding hydrogens is 324 g/mol. The number of methoxy groups -OCH3 is 1. The molecule has 2 amide bonds. The van der Waals surface area contributed by atoms with Gasteiger partial charge in [0.15, 0.2) is 0 Å². The van der Waals surface area contributed by atoms with E-state index < -0.39 is 0 Å². The molecule has 0 saturated carbocycles. The Morgan fingerprint density at radius 2 is 1.62 bits per heavy atom. The van der Waals surface area contributed by atoms with E-state index in [-0.39, 0.29) is 11.8 Å². The normalized spacial score (nSPS) is 15.0. The monoisotopic (exact) mass is 344 g/mol. The van der Waals surface area contributed by atoms with Crippen molar-refractivity contribution >= 4 is 23.2 Å². The van der Waals surface area contributed by atoms with E-state index in [0.717, 1.165) is 17.0 Å². The Balaban J connectivity index is 1.64. The highest BCUT2D eigenvalue weighted by Crippen LogP contribution is 2.16. The lowest BCUT2D eigenvalue weighted by Gasteiger charge is -2.22. The molecule has 1 fully saturated rings. The summed E-state index contributed by atoms with van der Waals surface area (Å²) in [5.41, 5.74) is 0.647. The van der Waals surface area contributed by atoms with Crippen LogP contribution in [0, 0.1) is 0 Å². The van der Waals surface area contributed by atoms with Crippen LogP contribution in [0.1, 0.15) is 26.5 Å². The maximum atomic E-state index is 12.6. The molecular formula is C18H20N2O3S.